The summed E-state index contributed by atoms with van der Waals surface area (Å²) in [5.41, 5.74) is 7.44. The van der Waals surface area contributed by atoms with Crippen molar-refractivity contribution in [1.29, 1.82) is 0 Å². The largest absolute Gasteiger partial charge is 0.468 e. The number of hydrogen-bond acceptors (Lipinski definition) is 10. The zero-order valence-corrected chi connectivity index (χ0v) is 38.5. The van der Waals surface area contributed by atoms with Crippen LogP contribution in [0.25, 0.3) is 12.2 Å². The lowest BCUT2D eigenvalue weighted by molar-refractivity contribution is -0.141. The van der Waals surface area contributed by atoms with Crippen molar-refractivity contribution in [1.82, 2.24) is 39.7 Å². The van der Waals surface area contributed by atoms with E-state index in [2.05, 4.69) is 181 Å². The minimum absolute atomic E-state index is 0.0134. The molecule has 10 rings (SSSR count). The summed E-state index contributed by atoms with van der Waals surface area (Å²) in [5, 5.41) is 22.1. The molecule has 0 amide bonds. The molecule has 0 aliphatic carbocycles. The van der Waals surface area contributed by atoms with E-state index in [1.807, 2.05) is 48.6 Å². The van der Waals surface area contributed by atoms with Gasteiger partial charge < -0.3 is 9.84 Å². The second kappa shape index (κ2) is 21.4. The number of nitrogens with one attached hydrogen (secondary N) is 1. The highest BCUT2D eigenvalue weighted by Gasteiger charge is 2.45. The maximum Gasteiger partial charge on any atom is 0.327 e. The fourth-order valence-electron chi connectivity index (χ4n) is 9.91. The Kier molecular flexibility index (Phi) is 14.3. The summed E-state index contributed by atoms with van der Waals surface area (Å²) >= 11 is 0. The first-order valence-electron chi connectivity index (χ1n) is 23.2. The third-order valence-corrected chi connectivity index (χ3v) is 13.0. The lowest BCUT2D eigenvalue weighted by Crippen LogP contribution is -2.52. The van der Waals surface area contributed by atoms with Gasteiger partial charge in [0.15, 0.2) is 11.6 Å². The van der Waals surface area contributed by atoms with Crippen molar-refractivity contribution in [2.24, 2.45) is 0 Å². The number of esters is 1. The van der Waals surface area contributed by atoms with Crippen molar-refractivity contribution in [3.05, 3.63) is 251 Å². The van der Waals surface area contributed by atoms with Crippen LogP contribution < -0.4 is 0 Å². The Bertz CT molecular complexity index is 2770. The Labute approximate surface area is 402 Å². The number of aromatic nitrogens is 6. The molecule has 346 valence electrons. The number of rotatable bonds is 12. The molecular weight excluding hydrogens is 861 g/mol. The first-order valence-corrected chi connectivity index (χ1v) is 23.2. The van der Waals surface area contributed by atoms with Crippen LogP contribution in [0.3, 0.4) is 0 Å². The van der Waals surface area contributed by atoms with Gasteiger partial charge in [0.1, 0.15) is 25.0 Å². The molecule has 12 heteroatoms. The van der Waals surface area contributed by atoms with Gasteiger partial charge in [-0.25, -0.2) is 14.6 Å². The molecule has 0 saturated carbocycles. The number of aliphatic hydroxyl groups excluding tert-OH is 1. The van der Waals surface area contributed by atoms with E-state index in [0.29, 0.717) is 50.7 Å². The fraction of sp³-hybridized carbons (Fsp3) is 0.193. The van der Waals surface area contributed by atoms with Gasteiger partial charge in [-0.15, -0.1) is 0 Å². The van der Waals surface area contributed by atoms with Gasteiger partial charge >= 0.3 is 5.97 Å². The van der Waals surface area contributed by atoms with E-state index < -0.39 is 23.2 Å². The predicted molar refractivity (Wildman–Crippen MR) is 266 cm³/mol. The SMILES string of the molecule is COC(=O)Cn1cnc(/C=C2\CN(C(c3ccccc3)(c3ccccc3)c3ccccc3)CCC2O)n1.O=C1CCN(C(c2ccccc2)(c2ccccc2)c2ccccc2)C/C1=C\c1ncn[nH]1. The molecule has 8 aromatic rings. The van der Waals surface area contributed by atoms with Gasteiger partial charge in [0, 0.05) is 38.2 Å². The van der Waals surface area contributed by atoms with Crippen LogP contribution in [0.5, 0.6) is 0 Å². The van der Waals surface area contributed by atoms with Crippen LogP contribution in [0.1, 0.15) is 57.9 Å². The van der Waals surface area contributed by atoms with E-state index >= 15 is 0 Å². The number of methoxy groups -OCH3 is 1. The third kappa shape index (κ3) is 9.77. The molecule has 12 nitrogen and oxygen atoms in total. The van der Waals surface area contributed by atoms with Crippen LogP contribution in [-0.2, 0) is 31.9 Å². The molecule has 6 aromatic carbocycles. The van der Waals surface area contributed by atoms with Crippen LogP contribution in [0, 0.1) is 0 Å². The van der Waals surface area contributed by atoms with E-state index in [4.69, 9.17) is 4.74 Å². The minimum atomic E-state index is -0.608. The van der Waals surface area contributed by atoms with Gasteiger partial charge in [0.25, 0.3) is 0 Å². The zero-order valence-electron chi connectivity index (χ0n) is 38.5. The fourth-order valence-corrected chi connectivity index (χ4v) is 9.91. The molecule has 2 fully saturated rings. The number of aliphatic hydroxyl groups is 1. The van der Waals surface area contributed by atoms with E-state index in [0.717, 1.165) is 27.8 Å². The quantitative estimate of drug-likeness (QED) is 0.0698. The molecular formula is C57H54N8O4. The van der Waals surface area contributed by atoms with Crippen molar-refractivity contribution >= 4 is 23.9 Å². The van der Waals surface area contributed by atoms with Gasteiger partial charge in [-0.3, -0.25) is 24.5 Å². The Balaban J connectivity index is 0.000000174. The topological polar surface area (TPSA) is 142 Å². The maximum atomic E-state index is 12.8. The summed E-state index contributed by atoms with van der Waals surface area (Å²) in [5.74, 6) is 0.802. The summed E-state index contributed by atoms with van der Waals surface area (Å²) in [6.45, 7) is 2.37. The molecule has 4 heterocycles. The van der Waals surface area contributed by atoms with E-state index in [1.165, 1.54) is 41.1 Å². The number of hydrogen-bond donors (Lipinski definition) is 2. The Morgan fingerprint density at radius 1 is 0.652 bits per heavy atom. The average molecular weight is 915 g/mol. The molecule has 1 atom stereocenters. The number of carbonyl (C=O) groups excluding carboxylic acids is 2. The summed E-state index contributed by atoms with van der Waals surface area (Å²) in [6.07, 6.45) is 7.03. The monoisotopic (exact) mass is 914 g/mol. The minimum Gasteiger partial charge on any atom is -0.468 e. The van der Waals surface area contributed by atoms with Crippen molar-refractivity contribution in [2.75, 3.05) is 33.3 Å². The number of H-pyrrole nitrogens is 1. The molecule has 2 aromatic heterocycles. The summed E-state index contributed by atoms with van der Waals surface area (Å²) in [7, 11) is 1.34. The third-order valence-electron chi connectivity index (χ3n) is 13.0. The molecule has 2 aliphatic rings. The first kappa shape index (κ1) is 46.2. The molecule has 2 N–H and O–H groups in total. The van der Waals surface area contributed by atoms with Crippen molar-refractivity contribution in [3.8, 4) is 0 Å². The van der Waals surface area contributed by atoms with Crippen LogP contribution in [-0.4, -0.2) is 96.0 Å². The van der Waals surface area contributed by atoms with Gasteiger partial charge in [-0.2, -0.15) is 10.2 Å². The highest BCUT2D eigenvalue weighted by Crippen LogP contribution is 2.46. The van der Waals surface area contributed by atoms with Crippen molar-refractivity contribution in [2.45, 2.75) is 36.6 Å². The van der Waals surface area contributed by atoms with Crippen LogP contribution in [0.2, 0.25) is 0 Å². The van der Waals surface area contributed by atoms with Gasteiger partial charge in [-0.1, -0.05) is 182 Å². The van der Waals surface area contributed by atoms with Crippen LogP contribution in [0.15, 0.2) is 206 Å². The molecule has 69 heavy (non-hydrogen) atoms. The molecule has 2 aliphatic heterocycles. The van der Waals surface area contributed by atoms with Gasteiger partial charge in [0.2, 0.25) is 0 Å². The lowest BCUT2D eigenvalue weighted by Gasteiger charge is -2.48. The first-order chi connectivity index (χ1) is 33.9. The number of Topliss-reactive ketones (excluding diaryl/α,β-unsaturated/α-hetero) is 1. The average Bonchev–Trinajstić information content (AvgIpc) is 4.10. The second-order valence-electron chi connectivity index (χ2n) is 17.1. The Morgan fingerprint density at radius 2 is 1.10 bits per heavy atom. The van der Waals surface area contributed by atoms with Crippen LogP contribution >= 0.6 is 0 Å². The summed E-state index contributed by atoms with van der Waals surface area (Å²) in [4.78, 5) is 37.8. The molecule has 1 unspecified atom stereocenters. The standard InChI is InChI=1S/C30H30N4O3.C27H24N4O/c1-37-29(36)21-34-22-31-28(32-34)19-23-20-33(18-17-27(23)35)30(24-11-5-2-6-12-24,25-13-7-3-8-14-25)26-15-9-4-10-16-26;32-25-16-17-31(19-21(25)18-26-28-20-29-30-26)27(22-10-4-1-5-11-22,23-12-6-2-7-13-23)24-14-8-3-9-15-24/h2-16,19,22,27,35H,17-18,20-21H2,1H3;1-15,18,20H,16-17,19H2,(H,28,29,30)/b23-19+;21-18+. The summed E-state index contributed by atoms with van der Waals surface area (Å²) < 4.78 is 6.16. The number of ketones is 1. The van der Waals surface area contributed by atoms with E-state index in [-0.39, 0.29) is 12.3 Å². The molecule has 2 saturated heterocycles. The van der Waals surface area contributed by atoms with Gasteiger partial charge in [0.05, 0.1) is 24.3 Å². The Morgan fingerprint density at radius 3 is 1.52 bits per heavy atom. The molecule has 0 spiro atoms. The number of benzene rings is 6. The number of nitrogens with zero attached hydrogens (tertiary/aromatic N) is 7. The molecule has 0 radical (unpaired) electrons. The number of likely N-dealkylation sites (tertiary alicyclic amines) is 2. The predicted octanol–water partition coefficient (Wildman–Crippen LogP) is 8.35. The summed E-state index contributed by atoms with van der Waals surface area (Å²) in [6, 6.07) is 63.2. The maximum absolute atomic E-state index is 12.8. The van der Waals surface area contributed by atoms with Crippen molar-refractivity contribution < 1.29 is 19.4 Å². The highest BCUT2D eigenvalue weighted by atomic mass is 16.5. The van der Waals surface area contributed by atoms with E-state index in [1.54, 1.807) is 0 Å². The van der Waals surface area contributed by atoms with Crippen LogP contribution in [0.4, 0.5) is 0 Å². The molecule has 0 bridgehead atoms. The van der Waals surface area contributed by atoms with E-state index in [9.17, 15) is 14.7 Å². The highest BCUT2D eigenvalue weighted by molar-refractivity contribution is 6.00. The smallest absolute Gasteiger partial charge is 0.327 e. The number of carbonyl (C=O) groups is 2. The van der Waals surface area contributed by atoms with Gasteiger partial charge in [-0.05, 0) is 57.5 Å². The second-order valence-corrected chi connectivity index (χ2v) is 17.1. The lowest BCUT2D eigenvalue weighted by atomic mass is 9.74. The van der Waals surface area contributed by atoms with Crippen molar-refractivity contribution in [3.63, 3.8) is 0 Å². The number of ether oxygens (including phenoxy) is 1. The normalized spacial score (nSPS) is 17.0. The number of piperidine rings is 2. The Hall–Kier alpha value is -7.90. The zero-order chi connectivity index (χ0) is 47.5. The number of aromatic amines is 1.